The van der Waals surface area contributed by atoms with Crippen LogP contribution in [0.4, 0.5) is 0 Å². The van der Waals surface area contributed by atoms with E-state index < -0.39 is 0 Å². The fraction of sp³-hybridized carbons (Fsp3) is 0.550. The molecule has 1 aliphatic heterocycles. The molecule has 2 aromatic heterocycles. The Morgan fingerprint density at radius 3 is 3.04 bits per heavy atom. The highest BCUT2D eigenvalue weighted by Gasteiger charge is 2.27. The maximum Gasteiger partial charge on any atom is 0.255 e. The number of likely N-dealkylation sites (tertiary alicyclic amines) is 1. The van der Waals surface area contributed by atoms with Gasteiger partial charge in [-0.3, -0.25) is 14.5 Å². The molecule has 138 valence electrons. The zero-order valence-corrected chi connectivity index (χ0v) is 15.1. The molecule has 1 atom stereocenters. The lowest BCUT2D eigenvalue weighted by molar-refractivity contribution is 0.0705. The predicted molar refractivity (Wildman–Crippen MR) is 98.1 cm³/mol. The van der Waals surface area contributed by atoms with Crippen LogP contribution in [-0.2, 0) is 19.4 Å². The summed E-state index contributed by atoms with van der Waals surface area (Å²) in [5, 5.41) is 13.6. The van der Waals surface area contributed by atoms with Crippen LogP contribution in [0.3, 0.4) is 0 Å². The summed E-state index contributed by atoms with van der Waals surface area (Å²) in [4.78, 5) is 19.5. The number of aryl methyl sites for hydroxylation is 2. The second kappa shape index (κ2) is 7.58. The van der Waals surface area contributed by atoms with Gasteiger partial charge in [0.1, 0.15) is 0 Å². The number of carbonyl (C=O) groups excluding carboxylic acids is 1. The van der Waals surface area contributed by atoms with Gasteiger partial charge in [0.2, 0.25) is 0 Å². The van der Waals surface area contributed by atoms with Crippen molar-refractivity contribution < 1.29 is 9.90 Å². The highest BCUT2D eigenvalue weighted by Crippen LogP contribution is 2.27. The topological polar surface area (TPSA) is 71.2 Å². The molecule has 0 bridgehead atoms. The van der Waals surface area contributed by atoms with Gasteiger partial charge in [0.05, 0.1) is 24.4 Å². The molecule has 0 radical (unpaired) electrons. The Labute approximate surface area is 153 Å². The summed E-state index contributed by atoms with van der Waals surface area (Å²) < 4.78 is 1.77. The molecule has 1 saturated heterocycles. The van der Waals surface area contributed by atoms with Crippen molar-refractivity contribution in [2.45, 2.75) is 51.0 Å². The SMILES string of the molecule is O=C(c1cnc2c(c1)CCCC2)N1CCCC(c2ccn(CCO)n2)C1. The van der Waals surface area contributed by atoms with E-state index in [2.05, 4.69) is 16.1 Å². The molecule has 26 heavy (non-hydrogen) atoms. The number of aromatic nitrogens is 3. The van der Waals surface area contributed by atoms with Crippen LogP contribution in [-0.4, -0.2) is 50.4 Å². The van der Waals surface area contributed by atoms with Crippen LogP contribution in [0.1, 0.15) is 58.9 Å². The summed E-state index contributed by atoms with van der Waals surface area (Å²) in [7, 11) is 0. The van der Waals surface area contributed by atoms with Crippen LogP contribution in [0.15, 0.2) is 24.5 Å². The summed E-state index contributed by atoms with van der Waals surface area (Å²) in [6, 6.07) is 4.07. The Morgan fingerprint density at radius 2 is 2.15 bits per heavy atom. The molecule has 6 heteroatoms. The zero-order chi connectivity index (χ0) is 17.9. The molecule has 0 aromatic carbocycles. The van der Waals surface area contributed by atoms with E-state index in [0.717, 1.165) is 43.5 Å². The normalized spacial score (nSPS) is 20.0. The third kappa shape index (κ3) is 3.51. The van der Waals surface area contributed by atoms with Crippen molar-refractivity contribution in [2.75, 3.05) is 19.7 Å². The Kier molecular flexibility index (Phi) is 5.02. The minimum Gasteiger partial charge on any atom is -0.394 e. The van der Waals surface area contributed by atoms with Crippen molar-refractivity contribution in [1.82, 2.24) is 19.7 Å². The van der Waals surface area contributed by atoms with E-state index >= 15 is 0 Å². The summed E-state index contributed by atoms with van der Waals surface area (Å²) in [5.41, 5.74) is 4.15. The highest BCUT2D eigenvalue weighted by molar-refractivity contribution is 5.94. The van der Waals surface area contributed by atoms with Gasteiger partial charge in [-0.25, -0.2) is 0 Å². The van der Waals surface area contributed by atoms with E-state index in [1.807, 2.05) is 17.2 Å². The van der Waals surface area contributed by atoms with E-state index in [0.29, 0.717) is 13.1 Å². The Morgan fingerprint density at radius 1 is 1.27 bits per heavy atom. The minimum absolute atomic E-state index is 0.0850. The van der Waals surface area contributed by atoms with Crippen LogP contribution in [0, 0.1) is 0 Å². The first-order valence-electron chi connectivity index (χ1n) is 9.66. The molecule has 6 nitrogen and oxygen atoms in total. The van der Waals surface area contributed by atoms with Gasteiger partial charge in [-0.05, 0) is 56.2 Å². The summed E-state index contributed by atoms with van der Waals surface area (Å²) in [6.45, 7) is 2.09. The average molecular weight is 354 g/mol. The third-order valence-corrected chi connectivity index (χ3v) is 5.53. The van der Waals surface area contributed by atoms with E-state index in [4.69, 9.17) is 5.11 Å². The largest absolute Gasteiger partial charge is 0.394 e. The number of aliphatic hydroxyl groups is 1. The standard InChI is InChI=1S/C20H26N4O2/c25-11-10-24-9-7-19(22-24)16-5-3-8-23(14-16)20(26)17-12-15-4-1-2-6-18(15)21-13-17/h7,9,12-13,16,25H,1-6,8,10-11,14H2. The van der Waals surface area contributed by atoms with Gasteiger partial charge in [-0.2, -0.15) is 5.10 Å². The van der Waals surface area contributed by atoms with Gasteiger partial charge in [0, 0.05) is 37.1 Å². The lowest BCUT2D eigenvalue weighted by atomic mass is 9.93. The van der Waals surface area contributed by atoms with Crippen LogP contribution in [0.25, 0.3) is 0 Å². The van der Waals surface area contributed by atoms with Crippen molar-refractivity contribution in [3.63, 3.8) is 0 Å². The van der Waals surface area contributed by atoms with Crippen molar-refractivity contribution in [3.05, 3.63) is 47.0 Å². The maximum absolute atomic E-state index is 13.0. The van der Waals surface area contributed by atoms with E-state index in [-0.39, 0.29) is 18.4 Å². The molecular formula is C20H26N4O2. The fourth-order valence-corrected chi connectivity index (χ4v) is 4.11. The van der Waals surface area contributed by atoms with Crippen molar-refractivity contribution >= 4 is 5.91 Å². The smallest absolute Gasteiger partial charge is 0.255 e. The molecule has 1 unspecified atom stereocenters. The summed E-state index contributed by atoms with van der Waals surface area (Å²) in [5.74, 6) is 0.351. The van der Waals surface area contributed by atoms with E-state index in [1.165, 1.54) is 24.1 Å². The highest BCUT2D eigenvalue weighted by atomic mass is 16.3. The average Bonchev–Trinajstić information content (AvgIpc) is 3.16. The van der Waals surface area contributed by atoms with Gasteiger partial charge >= 0.3 is 0 Å². The molecule has 1 fully saturated rings. The maximum atomic E-state index is 13.0. The lowest BCUT2D eigenvalue weighted by Gasteiger charge is -2.32. The third-order valence-electron chi connectivity index (χ3n) is 5.53. The number of hydrogen-bond donors (Lipinski definition) is 1. The molecule has 2 aromatic rings. The Bertz CT molecular complexity index is 786. The van der Waals surface area contributed by atoms with Crippen LogP contribution in [0.2, 0.25) is 0 Å². The summed E-state index contributed by atoms with van der Waals surface area (Å²) >= 11 is 0. The molecule has 3 heterocycles. The molecule has 2 aliphatic rings. The van der Waals surface area contributed by atoms with Crippen LogP contribution in [0.5, 0.6) is 0 Å². The number of piperidine rings is 1. The number of aliphatic hydroxyl groups excluding tert-OH is 1. The number of pyridine rings is 1. The van der Waals surface area contributed by atoms with Crippen molar-refractivity contribution in [3.8, 4) is 0 Å². The van der Waals surface area contributed by atoms with Gasteiger partial charge in [0.15, 0.2) is 0 Å². The Hall–Kier alpha value is -2.21. The molecule has 0 spiro atoms. The summed E-state index contributed by atoms with van der Waals surface area (Å²) in [6.07, 6.45) is 10.1. The van der Waals surface area contributed by atoms with Gasteiger partial charge < -0.3 is 10.0 Å². The second-order valence-corrected chi connectivity index (χ2v) is 7.35. The Balaban J connectivity index is 1.47. The van der Waals surface area contributed by atoms with Crippen LogP contribution < -0.4 is 0 Å². The zero-order valence-electron chi connectivity index (χ0n) is 15.1. The molecule has 4 rings (SSSR count). The van der Waals surface area contributed by atoms with Gasteiger partial charge in [-0.15, -0.1) is 0 Å². The number of nitrogens with zero attached hydrogens (tertiary/aromatic N) is 4. The molecule has 0 saturated carbocycles. The number of fused-ring (bicyclic) bond motifs is 1. The number of amides is 1. The van der Waals surface area contributed by atoms with Gasteiger partial charge in [0.25, 0.3) is 5.91 Å². The first-order valence-corrected chi connectivity index (χ1v) is 9.66. The van der Waals surface area contributed by atoms with Gasteiger partial charge in [-0.1, -0.05) is 0 Å². The number of carbonyl (C=O) groups is 1. The molecule has 1 amide bonds. The van der Waals surface area contributed by atoms with E-state index in [1.54, 1.807) is 10.9 Å². The number of hydrogen-bond acceptors (Lipinski definition) is 4. The monoisotopic (exact) mass is 354 g/mol. The van der Waals surface area contributed by atoms with Crippen molar-refractivity contribution in [2.24, 2.45) is 0 Å². The molecular weight excluding hydrogens is 328 g/mol. The second-order valence-electron chi connectivity index (χ2n) is 7.35. The minimum atomic E-state index is 0.0850. The van der Waals surface area contributed by atoms with Crippen LogP contribution >= 0.6 is 0 Å². The first-order chi connectivity index (χ1) is 12.7. The number of rotatable bonds is 4. The molecule has 1 aliphatic carbocycles. The quantitative estimate of drug-likeness (QED) is 0.913. The van der Waals surface area contributed by atoms with E-state index in [9.17, 15) is 4.79 Å². The molecule has 1 N–H and O–H groups in total. The fourth-order valence-electron chi connectivity index (χ4n) is 4.11. The van der Waals surface area contributed by atoms with Crippen molar-refractivity contribution in [1.29, 1.82) is 0 Å². The first kappa shape index (κ1) is 17.2. The predicted octanol–water partition coefficient (Wildman–Crippen LogP) is 2.17. The lowest BCUT2D eigenvalue weighted by Crippen LogP contribution is -2.39.